The third-order valence-electron chi connectivity index (χ3n) is 3.87. The maximum atomic E-state index is 3.46. The minimum absolute atomic E-state index is 0.442. The van der Waals surface area contributed by atoms with Crippen LogP contribution in [0.25, 0.3) is 0 Å². The minimum Gasteiger partial charge on any atom is -0.317 e. The Hall–Kier alpha value is -0.820. The van der Waals surface area contributed by atoms with Gasteiger partial charge >= 0.3 is 0 Å². The summed E-state index contributed by atoms with van der Waals surface area (Å²) in [5.41, 5.74) is 3.38. The molecule has 82 valence electrons. The number of hydrogen-bond acceptors (Lipinski definition) is 1. The average molecular weight is 203 g/mol. The molecule has 1 N–H and O–H groups in total. The third-order valence-corrected chi connectivity index (χ3v) is 3.87. The van der Waals surface area contributed by atoms with Crippen molar-refractivity contribution in [2.24, 2.45) is 0 Å². The van der Waals surface area contributed by atoms with Crippen LogP contribution in [0.15, 0.2) is 24.3 Å². The van der Waals surface area contributed by atoms with Crippen LogP contribution in [0, 0.1) is 6.92 Å². The lowest BCUT2D eigenvalue weighted by atomic mass is 9.71. The highest BCUT2D eigenvalue weighted by Crippen LogP contribution is 2.36. The van der Waals surface area contributed by atoms with E-state index in [0.717, 1.165) is 0 Å². The Kier molecular flexibility index (Phi) is 3.11. The van der Waals surface area contributed by atoms with Gasteiger partial charge in [0.05, 0.1) is 0 Å². The highest BCUT2D eigenvalue weighted by Gasteiger charge is 2.31. The van der Waals surface area contributed by atoms with Crippen molar-refractivity contribution >= 4 is 0 Å². The maximum absolute atomic E-state index is 3.46. The fourth-order valence-electron chi connectivity index (χ4n) is 2.73. The fraction of sp³-hybridized carbons (Fsp3) is 0.571. The topological polar surface area (TPSA) is 12.0 Å². The molecule has 15 heavy (non-hydrogen) atoms. The summed E-state index contributed by atoms with van der Waals surface area (Å²) in [6, 6.07) is 9.06. The van der Waals surface area contributed by atoms with Crippen molar-refractivity contribution in [1.29, 1.82) is 0 Å². The molecule has 0 radical (unpaired) electrons. The number of piperidine rings is 1. The van der Waals surface area contributed by atoms with Gasteiger partial charge in [0.1, 0.15) is 0 Å². The lowest BCUT2D eigenvalue weighted by molar-refractivity contribution is 0.297. The van der Waals surface area contributed by atoms with Crippen LogP contribution >= 0.6 is 0 Å². The fourth-order valence-corrected chi connectivity index (χ4v) is 2.73. The highest BCUT2D eigenvalue weighted by atomic mass is 14.9. The molecule has 0 bridgehead atoms. The first-order chi connectivity index (χ1) is 7.27. The zero-order chi connectivity index (χ0) is 10.7. The van der Waals surface area contributed by atoms with E-state index in [1.807, 2.05) is 0 Å². The molecule has 0 amide bonds. The summed E-state index contributed by atoms with van der Waals surface area (Å²) in [4.78, 5) is 0. The Morgan fingerprint density at radius 1 is 1.27 bits per heavy atom. The predicted octanol–water partition coefficient (Wildman–Crippen LogP) is 3.03. The highest BCUT2D eigenvalue weighted by molar-refractivity contribution is 5.30. The van der Waals surface area contributed by atoms with Crippen molar-refractivity contribution in [2.45, 2.75) is 38.5 Å². The van der Waals surface area contributed by atoms with Gasteiger partial charge in [-0.25, -0.2) is 0 Å². The van der Waals surface area contributed by atoms with Gasteiger partial charge in [-0.1, -0.05) is 36.8 Å². The van der Waals surface area contributed by atoms with Gasteiger partial charge < -0.3 is 5.32 Å². The first kappa shape index (κ1) is 10.7. The molecular weight excluding hydrogens is 182 g/mol. The molecule has 1 nitrogen and oxygen atoms in total. The van der Waals surface area contributed by atoms with E-state index in [9.17, 15) is 0 Å². The summed E-state index contributed by atoms with van der Waals surface area (Å²) in [5.74, 6) is 0. The molecular formula is C14H21N. The van der Waals surface area contributed by atoms with Gasteiger partial charge in [-0.2, -0.15) is 0 Å². The van der Waals surface area contributed by atoms with Crippen molar-refractivity contribution in [3.8, 4) is 0 Å². The molecule has 1 aromatic rings. The van der Waals surface area contributed by atoms with E-state index in [1.54, 1.807) is 5.56 Å². The van der Waals surface area contributed by atoms with Gasteiger partial charge in [-0.3, -0.25) is 0 Å². The summed E-state index contributed by atoms with van der Waals surface area (Å²) in [5, 5.41) is 3.46. The minimum atomic E-state index is 0.442. The van der Waals surface area contributed by atoms with E-state index in [-0.39, 0.29) is 0 Å². The molecule has 1 aliphatic heterocycles. The van der Waals surface area contributed by atoms with Gasteiger partial charge in [0.2, 0.25) is 0 Å². The molecule has 2 rings (SSSR count). The number of hydrogen-bond donors (Lipinski definition) is 1. The van der Waals surface area contributed by atoms with Gasteiger partial charge in [0.25, 0.3) is 0 Å². The van der Waals surface area contributed by atoms with E-state index in [2.05, 4.69) is 43.4 Å². The first-order valence-electron chi connectivity index (χ1n) is 6.05. The Bertz CT molecular complexity index is 324. The molecule has 1 saturated heterocycles. The second kappa shape index (κ2) is 4.36. The lowest BCUT2D eigenvalue weighted by Crippen LogP contribution is -2.39. The normalized spacial score (nSPS) is 20.1. The van der Waals surface area contributed by atoms with E-state index >= 15 is 0 Å². The first-order valence-corrected chi connectivity index (χ1v) is 6.05. The van der Waals surface area contributed by atoms with E-state index < -0.39 is 0 Å². The summed E-state index contributed by atoms with van der Waals surface area (Å²) >= 11 is 0. The van der Waals surface area contributed by atoms with Crippen molar-refractivity contribution in [3.63, 3.8) is 0 Å². The molecule has 0 saturated carbocycles. The van der Waals surface area contributed by atoms with Crippen LogP contribution in [-0.2, 0) is 5.41 Å². The van der Waals surface area contributed by atoms with Gasteiger partial charge in [-0.15, -0.1) is 0 Å². The molecule has 1 fully saturated rings. The summed E-state index contributed by atoms with van der Waals surface area (Å²) in [6.07, 6.45) is 3.83. The molecule has 0 atom stereocenters. The Morgan fingerprint density at radius 3 is 2.60 bits per heavy atom. The smallest absolute Gasteiger partial charge is 0.00254 e. The van der Waals surface area contributed by atoms with Gasteiger partial charge in [0.15, 0.2) is 0 Å². The Morgan fingerprint density at radius 2 is 2.00 bits per heavy atom. The zero-order valence-electron chi connectivity index (χ0n) is 9.84. The zero-order valence-corrected chi connectivity index (χ0v) is 9.84. The summed E-state index contributed by atoms with van der Waals surface area (Å²) < 4.78 is 0. The average Bonchev–Trinajstić information content (AvgIpc) is 2.30. The van der Waals surface area contributed by atoms with Crippen molar-refractivity contribution < 1.29 is 0 Å². The quantitative estimate of drug-likeness (QED) is 0.779. The molecule has 0 unspecified atom stereocenters. The Labute approximate surface area is 92.9 Å². The SMILES string of the molecule is CCC1(c2cccc(C)c2)CCNCC1. The molecule has 1 heterocycles. The van der Waals surface area contributed by atoms with Crippen LogP contribution < -0.4 is 5.32 Å². The number of aryl methyl sites for hydroxylation is 1. The van der Waals surface area contributed by atoms with E-state index in [0.29, 0.717) is 5.41 Å². The van der Waals surface area contributed by atoms with Crippen LogP contribution in [0.5, 0.6) is 0 Å². The maximum Gasteiger partial charge on any atom is -0.00254 e. The van der Waals surface area contributed by atoms with E-state index in [1.165, 1.54) is 37.9 Å². The standard InChI is InChI=1S/C14H21N/c1-3-14(7-9-15-10-8-14)13-6-4-5-12(2)11-13/h4-6,11,15H,3,7-10H2,1-2H3. The summed E-state index contributed by atoms with van der Waals surface area (Å²) in [6.45, 7) is 6.85. The van der Waals surface area contributed by atoms with Crippen molar-refractivity contribution in [3.05, 3.63) is 35.4 Å². The molecule has 1 heteroatoms. The number of rotatable bonds is 2. The van der Waals surface area contributed by atoms with Crippen LogP contribution in [0.1, 0.15) is 37.3 Å². The Balaban J connectivity index is 2.32. The van der Waals surface area contributed by atoms with Crippen LogP contribution in [0.2, 0.25) is 0 Å². The molecule has 0 aliphatic carbocycles. The monoisotopic (exact) mass is 203 g/mol. The largest absolute Gasteiger partial charge is 0.317 e. The van der Waals surface area contributed by atoms with Crippen LogP contribution in [-0.4, -0.2) is 13.1 Å². The number of benzene rings is 1. The predicted molar refractivity (Wildman–Crippen MR) is 65.3 cm³/mol. The van der Waals surface area contributed by atoms with Gasteiger partial charge in [0, 0.05) is 0 Å². The molecule has 0 aromatic heterocycles. The van der Waals surface area contributed by atoms with Gasteiger partial charge in [-0.05, 0) is 50.3 Å². The lowest BCUT2D eigenvalue weighted by Gasteiger charge is -2.37. The van der Waals surface area contributed by atoms with Crippen molar-refractivity contribution in [1.82, 2.24) is 5.32 Å². The molecule has 0 spiro atoms. The second-order valence-electron chi connectivity index (χ2n) is 4.75. The van der Waals surface area contributed by atoms with Crippen LogP contribution in [0.4, 0.5) is 0 Å². The van der Waals surface area contributed by atoms with Crippen molar-refractivity contribution in [2.75, 3.05) is 13.1 Å². The number of nitrogens with one attached hydrogen (secondary N) is 1. The molecule has 1 aliphatic rings. The second-order valence-corrected chi connectivity index (χ2v) is 4.75. The van der Waals surface area contributed by atoms with Crippen LogP contribution in [0.3, 0.4) is 0 Å². The third kappa shape index (κ3) is 2.07. The molecule has 1 aromatic carbocycles. The van der Waals surface area contributed by atoms with E-state index in [4.69, 9.17) is 0 Å². The summed E-state index contributed by atoms with van der Waals surface area (Å²) in [7, 11) is 0.